The molecule has 8 unspecified atom stereocenters. The minimum Gasteiger partial charge on any atom is -0.467 e. The van der Waals surface area contributed by atoms with E-state index >= 15 is 0 Å². The molecule has 518 valence electrons. The molecule has 5 saturated heterocycles. The van der Waals surface area contributed by atoms with Crippen LogP contribution in [-0.4, -0.2) is 186 Å². The first kappa shape index (κ1) is 70.6. The van der Waals surface area contributed by atoms with Gasteiger partial charge in [0.15, 0.2) is 49.6 Å². The number of hydrogen-bond donors (Lipinski definition) is 2. The van der Waals surface area contributed by atoms with Crippen LogP contribution in [0.2, 0.25) is 0 Å². The van der Waals surface area contributed by atoms with E-state index in [1.165, 1.54) is 19.2 Å². The highest BCUT2D eigenvalue weighted by Crippen LogP contribution is 2.41. The smallest absolute Gasteiger partial charge is 0.408 e. The van der Waals surface area contributed by atoms with Gasteiger partial charge in [0.2, 0.25) is 0 Å². The number of rotatable bonds is 28. The molecule has 5 fully saturated rings. The fourth-order valence-electron chi connectivity index (χ4n) is 12.3. The van der Waals surface area contributed by atoms with Crippen LogP contribution >= 0.6 is 0 Å². The zero-order valence-electron chi connectivity index (χ0n) is 53.9. The Morgan fingerprint density at radius 2 is 0.949 bits per heavy atom. The Bertz CT molecular complexity index is 3590. The molecule has 5 aliphatic rings. The maximum absolute atomic E-state index is 14.8. The number of fused-ring (bicyclic) bond motifs is 1. The van der Waals surface area contributed by atoms with E-state index in [-0.39, 0.29) is 44.0 Å². The Balaban J connectivity index is 0.965. The van der Waals surface area contributed by atoms with E-state index in [2.05, 4.69) is 15.3 Å². The summed E-state index contributed by atoms with van der Waals surface area (Å²) in [5.41, 5.74) is 13.2. The van der Waals surface area contributed by atoms with Gasteiger partial charge in [-0.25, -0.2) is 24.0 Å². The molecule has 0 aliphatic carbocycles. The first-order chi connectivity index (χ1) is 47.9. The van der Waals surface area contributed by atoms with Crippen molar-refractivity contribution in [2.75, 3.05) is 27.9 Å². The fourth-order valence-corrected chi connectivity index (χ4v) is 12.3. The summed E-state index contributed by atoms with van der Waals surface area (Å²) < 4.78 is 109. The first-order valence-electron chi connectivity index (χ1n) is 31.9. The van der Waals surface area contributed by atoms with E-state index in [4.69, 9.17) is 80.5 Å². The maximum atomic E-state index is 14.8. The lowest BCUT2D eigenvalue weighted by Crippen LogP contribution is -2.69. The zero-order chi connectivity index (χ0) is 68.5. The SMILES string of the molecule is CCC1O[C@@H](O[C@H]2C(C(=O)OC)O[C@@H](O[C@H]3C(COC(=O)c4ccccc4)O[C@@H](OC)C(N=[N+]=[N-])[C@H]3OCc3ccccc3)C(OC(=O)c3ccccc3)[C@@H]2OCc2ccccc2)[C@@H]2NC(=O)OC2[C@H]1O[C@@H]1OC(C(=O)OC)[C@H](O)[C@H](OCc2ccccc2)C1OCc1ccccc1. The lowest BCUT2D eigenvalue weighted by atomic mass is 9.93. The van der Waals surface area contributed by atoms with Crippen molar-refractivity contribution < 1.29 is 110 Å². The number of aliphatic hydroxyl groups is 1. The van der Waals surface area contributed by atoms with E-state index in [1.54, 1.807) is 110 Å². The van der Waals surface area contributed by atoms with Crippen molar-refractivity contribution in [2.24, 2.45) is 5.11 Å². The summed E-state index contributed by atoms with van der Waals surface area (Å²) in [5.74, 6) is -3.67. The van der Waals surface area contributed by atoms with Crippen molar-refractivity contribution in [3.63, 3.8) is 0 Å². The van der Waals surface area contributed by atoms with Crippen LogP contribution < -0.4 is 5.32 Å². The van der Waals surface area contributed by atoms with Crippen LogP contribution in [0.4, 0.5) is 4.79 Å². The summed E-state index contributed by atoms with van der Waals surface area (Å²) in [6.07, 6.45) is -28.2. The number of benzene rings is 6. The van der Waals surface area contributed by atoms with E-state index in [9.17, 15) is 34.6 Å². The first-order valence-corrected chi connectivity index (χ1v) is 31.9. The van der Waals surface area contributed by atoms with Crippen molar-refractivity contribution in [1.29, 1.82) is 0 Å². The second-order valence-electron chi connectivity index (χ2n) is 23.4. The maximum Gasteiger partial charge on any atom is 0.408 e. The van der Waals surface area contributed by atoms with Gasteiger partial charge in [0.25, 0.3) is 0 Å². The minimum atomic E-state index is -1.92. The molecule has 27 heteroatoms. The van der Waals surface area contributed by atoms with Gasteiger partial charge in [0.05, 0.1) is 57.9 Å². The highest BCUT2D eigenvalue weighted by atomic mass is 16.8. The molecule has 11 rings (SSSR count). The third-order valence-corrected chi connectivity index (χ3v) is 17.1. The number of ether oxygens (including phenoxy) is 17. The number of amides is 1. The van der Waals surface area contributed by atoms with Crippen LogP contribution in [-0.2, 0) is 117 Å². The lowest BCUT2D eigenvalue weighted by Gasteiger charge is -2.50. The highest BCUT2D eigenvalue weighted by Gasteiger charge is 2.62. The molecule has 27 nitrogen and oxygen atoms in total. The van der Waals surface area contributed by atoms with Crippen molar-refractivity contribution in [2.45, 2.75) is 162 Å². The Labute approximate surface area is 564 Å². The molecule has 20 atom stereocenters. The van der Waals surface area contributed by atoms with Crippen LogP contribution in [0.25, 0.3) is 10.4 Å². The van der Waals surface area contributed by atoms with E-state index in [0.717, 1.165) is 25.3 Å². The molecule has 0 radical (unpaired) electrons. The standard InChI is InChI=1S/C71H76N4O23/c1-5-47-52(93-69-61(88-39-44-30-18-9-19-31-44)56(51(76)57(95-69)65(79)82-2)86-37-42-26-14-7-15-27-42)55-49(73-71(81)98-55)68(90-47)96-59-58(87-38-43-28-16-8-17-29-43)62(92-64(78)46-34-22-11-23-35-46)70(97-60(59)66(80)83-3)94-53-48(40-89-63(77)45-32-20-10-21-33-45)91-67(84-4)50(74-75-72)54(53)85-36-41-24-12-6-13-25-41/h6-35,47-62,67-70,76H,5,36-40H2,1-4H3,(H,73,81)/t47?,48?,49-,50?,51-,52+,53+,54-,55?,56+,57?,58-,59-,60?,61?,62?,67-,68+,69-,70-/m1/s1. The van der Waals surface area contributed by atoms with Crippen LogP contribution in [0.3, 0.4) is 0 Å². The Kier molecular flexibility index (Phi) is 24.6. The monoisotopic (exact) mass is 1350 g/mol. The Morgan fingerprint density at radius 1 is 0.500 bits per heavy atom. The van der Waals surface area contributed by atoms with Gasteiger partial charge in [0.1, 0.15) is 73.6 Å². The number of aliphatic hydroxyl groups excluding tert-OH is 1. The average Bonchev–Trinajstić information content (AvgIpc) is 0.887. The molecule has 1 amide bonds. The van der Waals surface area contributed by atoms with E-state index in [1.807, 2.05) is 66.7 Å². The molecule has 0 aromatic heterocycles. The van der Waals surface area contributed by atoms with E-state index in [0.29, 0.717) is 11.1 Å². The summed E-state index contributed by atoms with van der Waals surface area (Å²) in [6, 6.07) is 49.7. The second-order valence-corrected chi connectivity index (χ2v) is 23.4. The number of hydrogen-bond acceptors (Lipinski definition) is 24. The average molecular weight is 1350 g/mol. The van der Waals surface area contributed by atoms with Crippen LogP contribution in [0.15, 0.2) is 187 Å². The largest absolute Gasteiger partial charge is 0.467 e. The molecule has 5 heterocycles. The van der Waals surface area contributed by atoms with Gasteiger partial charge >= 0.3 is 30.0 Å². The minimum absolute atomic E-state index is 0.0331. The van der Waals surface area contributed by atoms with Gasteiger partial charge in [0, 0.05) is 12.0 Å². The summed E-state index contributed by atoms with van der Waals surface area (Å²) >= 11 is 0. The van der Waals surface area contributed by atoms with Gasteiger partial charge < -0.3 is 90.9 Å². The van der Waals surface area contributed by atoms with Gasteiger partial charge in [-0.1, -0.05) is 170 Å². The molecule has 5 aliphatic heterocycles. The Morgan fingerprint density at radius 3 is 1.47 bits per heavy atom. The number of alkyl carbamates (subject to hydrolysis) is 1. The molecule has 2 N–H and O–H groups in total. The Hall–Kier alpha value is -8.74. The number of carbonyl (C=O) groups excluding carboxylic acids is 5. The van der Waals surface area contributed by atoms with Crippen molar-refractivity contribution >= 4 is 30.0 Å². The fraction of sp³-hybridized carbons (Fsp3) is 0.423. The van der Waals surface area contributed by atoms with Gasteiger partial charge in [-0.3, -0.25) is 0 Å². The van der Waals surface area contributed by atoms with Crippen LogP contribution in [0.1, 0.15) is 56.3 Å². The molecular weight excluding hydrogens is 1280 g/mol. The number of esters is 4. The van der Waals surface area contributed by atoms with Crippen molar-refractivity contribution in [1.82, 2.24) is 5.32 Å². The van der Waals surface area contributed by atoms with Gasteiger partial charge in [-0.05, 0) is 58.5 Å². The summed E-state index contributed by atoms with van der Waals surface area (Å²) in [4.78, 5) is 73.9. The number of azide groups is 1. The summed E-state index contributed by atoms with van der Waals surface area (Å²) in [5, 5.41) is 18.8. The highest BCUT2D eigenvalue weighted by molar-refractivity contribution is 5.90. The van der Waals surface area contributed by atoms with Crippen molar-refractivity contribution in [3.8, 4) is 0 Å². The molecular formula is C71H76N4O23. The van der Waals surface area contributed by atoms with Crippen LogP contribution in [0, 0.1) is 0 Å². The van der Waals surface area contributed by atoms with Gasteiger partial charge in [-0.2, -0.15) is 0 Å². The summed E-state index contributed by atoms with van der Waals surface area (Å²) in [7, 11) is 3.56. The topological polar surface area (TPSA) is 323 Å². The molecule has 6 aromatic carbocycles. The number of methoxy groups -OCH3 is 3. The predicted molar refractivity (Wildman–Crippen MR) is 339 cm³/mol. The molecule has 0 bridgehead atoms. The van der Waals surface area contributed by atoms with Crippen molar-refractivity contribution in [3.05, 3.63) is 226 Å². The lowest BCUT2D eigenvalue weighted by molar-refractivity contribution is -0.373. The molecule has 6 aromatic rings. The van der Waals surface area contributed by atoms with E-state index < -0.39 is 159 Å². The molecule has 0 saturated carbocycles. The second kappa shape index (κ2) is 34.2. The van der Waals surface area contributed by atoms with Gasteiger partial charge in [-0.15, -0.1) is 0 Å². The number of carbonyl (C=O) groups is 5. The molecule has 98 heavy (non-hydrogen) atoms. The number of nitrogens with zero attached hydrogens (tertiary/aromatic N) is 3. The third-order valence-electron chi connectivity index (χ3n) is 17.1. The third kappa shape index (κ3) is 17.0. The predicted octanol–water partition coefficient (Wildman–Crippen LogP) is 7.39. The zero-order valence-corrected chi connectivity index (χ0v) is 53.9. The molecule has 0 spiro atoms. The normalized spacial score (nSPS) is 30.4. The quantitative estimate of drug-likeness (QED) is 0.0159. The summed E-state index contributed by atoms with van der Waals surface area (Å²) in [6.45, 7) is 0.806. The number of nitrogens with one attached hydrogen (secondary N) is 1. The van der Waals surface area contributed by atoms with Crippen LogP contribution in [0.5, 0.6) is 0 Å².